The third kappa shape index (κ3) is 3.50. The molecule has 0 amide bonds. The standard InChI is InChI=1S/C19H22ClN3O/c20-17-11-14(12-23-9-1-2-10-23)3-6-18(17)24-13-16-5-4-15-7-8-21-19(15)22-16/h3-6,11H,1-2,7-10,12-13H2,(H,21,22). The van der Waals surface area contributed by atoms with Crippen LogP contribution >= 0.6 is 11.6 Å². The van der Waals surface area contributed by atoms with Crippen LogP contribution in [0.25, 0.3) is 0 Å². The van der Waals surface area contributed by atoms with Gasteiger partial charge in [-0.1, -0.05) is 23.7 Å². The first kappa shape index (κ1) is 15.7. The number of nitrogens with zero attached hydrogens (tertiary/aromatic N) is 2. The van der Waals surface area contributed by atoms with E-state index in [1.807, 2.05) is 18.2 Å². The Labute approximate surface area is 147 Å². The first-order valence-corrected chi connectivity index (χ1v) is 9.02. The minimum atomic E-state index is 0.431. The summed E-state index contributed by atoms with van der Waals surface area (Å²) in [5, 5.41) is 3.97. The van der Waals surface area contributed by atoms with Gasteiger partial charge in [-0.15, -0.1) is 0 Å². The lowest BCUT2D eigenvalue weighted by molar-refractivity contribution is 0.301. The number of likely N-dealkylation sites (tertiary alicyclic amines) is 1. The lowest BCUT2D eigenvalue weighted by atomic mass is 10.2. The maximum absolute atomic E-state index is 6.40. The van der Waals surface area contributed by atoms with Crippen molar-refractivity contribution in [2.24, 2.45) is 0 Å². The van der Waals surface area contributed by atoms with Gasteiger partial charge in [0.05, 0.1) is 10.7 Å². The molecule has 0 unspecified atom stereocenters. The number of halogens is 1. The van der Waals surface area contributed by atoms with Crippen LogP contribution in [-0.4, -0.2) is 29.5 Å². The molecule has 24 heavy (non-hydrogen) atoms. The molecular weight excluding hydrogens is 322 g/mol. The van der Waals surface area contributed by atoms with Crippen molar-refractivity contribution >= 4 is 17.4 Å². The maximum atomic E-state index is 6.40. The molecule has 1 fully saturated rings. The van der Waals surface area contributed by atoms with Crippen molar-refractivity contribution in [2.75, 3.05) is 25.0 Å². The third-order valence-electron chi connectivity index (χ3n) is 4.70. The molecule has 0 spiro atoms. The molecule has 0 radical (unpaired) electrons. The highest BCUT2D eigenvalue weighted by atomic mass is 35.5. The lowest BCUT2D eigenvalue weighted by Gasteiger charge is -2.15. The number of pyridine rings is 1. The molecule has 1 N–H and O–H groups in total. The summed E-state index contributed by atoms with van der Waals surface area (Å²) in [4.78, 5) is 7.06. The van der Waals surface area contributed by atoms with Crippen molar-refractivity contribution in [3.8, 4) is 5.75 Å². The van der Waals surface area contributed by atoms with Gasteiger partial charge in [0.2, 0.25) is 0 Å². The SMILES string of the molecule is Clc1cc(CN2CCCC2)ccc1OCc1ccc2c(n1)NCC2. The summed E-state index contributed by atoms with van der Waals surface area (Å²) in [6.07, 6.45) is 3.66. The summed E-state index contributed by atoms with van der Waals surface area (Å²) >= 11 is 6.40. The van der Waals surface area contributed by atoms with Gasteiger partial charge in [-0.05, 0) is 61.7 Å². The van der Waals surface area contributed by atoms with Crippen molar-refractivity contribution in [1.82, 2.24) is 9.88 Å². The Kier molecular flexibility index (Phi) is 4.58. The van der Waals surface area contributed by atoms with E-state index in [4.69, 9.17) is 16.3 Å². The number of anilines is 1. The van der Waals surface area contributed by atoms with E-state index >= 15 is 0 Å². The fraction of sp³-hybridized carbons (Fsp3) is 0.421. The summed E-state index contributed by atoms with van der Waals surface area (Å²) in [6.45, 7) is 4.75. The molecular formula is C19H22ClN3O. The molecule has 5 heteroatoms. The van der Waals surface area contributed by atoms with Crippen LogP contribution in [0.5, 0.6) is 5.75 Å². The minimum Gasteiger partial charge on any atom is -0.486 e. The van der Waals surface area contributed by atoms with Crippen molar-refractivity contribution in [3.05, 3.63) is 52.2 Å². The number of aromatic nitrogens is 1. The number of benzene rings is 1. The number of ether oxygens (including phenoxy) is 1. The van der Waals surface area contributed by atoms with E-state index in [0.717, 1.165) is 36.8 Å². The summed E-state index contributed by atoms with van der Waals surface area (Å²) in [5.41, 5.74) is 3.44. The monoisotopic (exact) mass is 343 g/mol. The van der Waals surface area contributed by atoms with E-state index in [-0.39, 0.29) is 0 Å². The highest BCUT2D eigenvalue weighted by Crippen LogP contribution is 2.28. The maximum Gasteiger partial charge on any atom is 0.138 e. The van der Waals surface area contributed by atoms with Gasteiger partial charge in [0.1, 0.15) is 18.2 Å². The second kappa shape index (κ2) is 6.99. The normalized spacial score (nSPS) is 16.9. The second-order valence-electron chi connectivity index (χ2n) is 6.52. The van der Waals surface area contributed by atoms with Crippen LogP contribution in [0.15, 0.2) is 30.3 Å². The molecule has 1 aromatic carbocycles. The minimum absolute atomic E-state index is 0.431. The fourth-order valence-corrected chi connectivity index (χ4v) is 3.65. The molecule has 2 aliphatic rings. The molecule has 2 aromatic rings. The molecule has 0 saturated carbocycles. The largest absolute Gasteiger partial charge is 0.486 e. The van der Waals surface area contributed by atoms with Crippen LogP contribution in [0.1, 0.15) is 29.7 Å². The highest BCUT2D eigenvalue weighted by molar-refractivity contribution is 6.32. The van der Waals surface area contributed by atoms with Crippen molar-refractivity contribution in [2.45, 2.75) is 32.4 Å². The van der Waals surface area contributed by atoms with E-state index in [0.29, 0.717) is 11.6 Å². The molecule has 0 aliphatic carbocycles. The molecule has 0 bridgehead atoms. The molecule has 4 nitrogen and oxygen atoms in total. The molecule has 4 rings (SSSR count). The average molecular weight is 344 g/mol. The first-order chi connectivity index (χ1) is 11.8. The Morgan fingerprint density at radius 1 is 1.17 bits per heavy atom. The Morgan fingerprint density at radius 3 is 2.88 bits per heavy atom. The van der Waals surface area contributed by atoms with Gasteiger partial charge in [0.15, 0.2) is 0 Å². The van der Waals surface area contributed by atoms with Crippen LogP contribution in [0.3, 0.4) is 0 Å². The number of hydrogen-bond donors (Lipinski definition) is 1. The van der Waals surface area contributed by atoms with E-state index < -0.39 is 0 Å². The van der Waals surface area contributed by atoms with Crippen LogP contribution < -0.4 is 10.1 Å². The smallest absolute Gasteiger partial charge is 0.138 e. The fourth-order valence-electron chi connectivity index (χ4n) is 3.39. The van der Waals surface area contributed by atoms with Crippen molar-refractivity contribution in [3.63, 3.8) is 0 Å². The molecule has 2 aliphatic heterocycles. The zero-order chi connectivity index (χ0) is 16.4. The number of fused-ring (bicyclic) bond motifs is 1. The third-order valence-corrected chi connectivity index (χ3v) is 5.00. The molecule has 1 saturated heterocycles. The number of nitrogens with one attached hydrogen (secondary N) is 1. The zero-order valence-electron chi connectivity index (χ0n) is 13.7. The van der Waals surface area contributed by atoms with Gasteiger partial charge in [-0.2, -0.15) is 0 Å². The van der Waals surface area contributed by atoms with Gasteiger partial charge in [-0.3, -0.25) is 4.90 Å². The van der Waals surface area contributed by atoms with Gasteiger partial charge in [0, 0.05) is 13.1 Å². The Hall–Kier alpha value is -1.78. The van der Waals surface area contributed by atoms with E-state index in [1.54, 1.807) is 0 Å². The van der Waals surface area contributed by atoms with Crippen LogP contribution in [0.2, 0.25) is 5.02 Å². The predicted octanol–water partition coefficient (Wildman–Crippen LogP) is 3.88. The van der Waals surface area contributed by atoms with Crippen LogP contribution in [0.4, 0.5) is 5.82 Å². The summed E-state index contributed by atoms with van der Waals surface area (Å²) in [7, 11) is 0. The Morgan fingerprint density at radius 2 is 2.04 bits per heavy atom. The summed E-state index contributed by atoms with van der Waals surface area (Å²) in [5.74, 6) is 1.71. The summed E-state index contributed by atoms with van der Waals surface area (Å²) < 4.78 is 5.87. The van der Waals surface area contributed by atoms with Gasteiger partial charge < -0.3 is 10.1 Å². The number of rotatable bonds is 5. The quantitative estimate of drug-likeness (QED) is 0.894. The highest BCUT2D eigenvalue weighted by Gasteiger charge is 2.14. The number of hydrogen-bond acceptors (Lipinski definition) is 4. The van der Waals surface area contributed by atoms with Gasteiger partial charge in [0.25, 0.3) is 0 Å². The van der Waals surface area contributed by atoms with Gasteiger partial charge in [-0.25, -0.2) is 4.98 Å². The van der Waals surface area contributed by atoms with Crippen LogP contribution in [-0.2, 0) is 19.6 Å². The van der Waals surface area contributed by atoms with Gasteiger partial charge >= 0.3 is 0 Å². The molecule has 3 heterocycles. The second-order valence-corrected chi connectivity index (χ2v) is 6.93. The first-order valence-electron chi connectivity index (χ1n) is 8.64. The average Bonchev–Trinajstić information content (AvgIpc) is 3.25. The van der Waals surface area contributed by atoms with Crippen molar-refractivity contribution < 1.29 is 4.74 Å². The van der Waals surface area contributed by atoms with Crippen molar-refractivity contribution in [1.29, 1.82) is 0 Å². The van der Waals surface area contributed by atoms with E-state index in [1.165, 1.54) is 37.1 Å². The van der Waals surface area contributed by atoms with E-state index in [2.05, 4.69) is 27.3 Å². The lowest BCUT2D eigenvalue weighted by Crippen LogP contribution is -2.18. The Bertz CT molecular complexity index is 729. The predicted molar refractivity (Wildman–Crippen MR) is 96.7 cm³/mol. The molecule has 0 atom stereocenters. The molecule has 126 valence electrons. The zero-order valence-corrected chi connectivity index (χ0v) is 14.5. The van der Waals surface area contributed by atoms with E-state index in [9.17, 15) is 0 Å². The Balaban J connectivity index is 1.39. The molecule has 1 aromatic heterocycles. The topological polar surface area (TPSA) is 37.4 Å². The summed E-state index contributed by atoms with van der Waals surface area (Å²) in [6, 6.07) is 10.3. The van der Waals surface area contributed by atoms with Crippen LogP contribution in [0, 0.1) is 0 Å².